The average Bonchev–Trinajstić information content (AvgIpc) is 2.89. The third-order valence-electron chi connectivity index (χ3n) is 4.07. The number of H-pyrrole nitrogens is 2. The molecule has 0 amide bonds. The Bertz CT molecular complexity index is 444. The van der Waals surface area contributed by atoms with Crippen LogP contribution in [-0.2, 0) is 6.54 Å². The quantitative estimate of drug-likeness (QED) is 0.752. The van der Waals surface area contributed by atoms with Crippen molar-refractivity contribution < 1.29 is 0 Å². The van der Waals surface area contributed by atoms with Gasteiger partial charge in [0, 0.05) is 6.54 Å². The number of hydrogen-bond acceptors (Lipinski definition) is 2. The molecule has 0 saturated heterocycles. The zero-order chi connectivity index (χ0) is 10.4. The molecule has 2 saturated carbocycles. The monoisotopic (exact) mass is 225 g/mol. The lowest BCUT2D eigenvalue weighted by molar-refractivity contribution is 0.292. The van der Waals surface area contributed by atoms with Crippen molar-refractivity contribution in [1.29, 1.82) is 0 Å². The molecule has 2 aliphatic carbocycles. The van der Waals surface area contributed by atoms with Crippen molar-refractivity contribution in [3.8, 4) is 0 Å². The summed E-state index contributed by atoms with van der Waals surface area (Å²) in [7, 11) is 0. The van der Waals surface area contributed by atoms with Gasteiger partial charge in [-0.15, -0.1) is 0 Å². The fourth-order valence-corrected chi connectivity index (χ4v) is 3.54. The summed E-state index contributed by atoms with van der Waals surface area (Å²) < 4.78 is 2.20. The first kappa shape index (κ1) is 9.39. The van der Waals surface area contributed by atoms with Gasteiger partial charge in [-0.2, -0.15) is 0 Å². The molecule has 1 aromatic rings. The minimum atomic E-state index is -0.0947. The van der Waals surface area contributed by atoms with E-state index in [1.54, 1.807) is 4.57 Å². The van der Waals surface area contributed by atoms with E-state index in [2.05, 4.69) is 10.2 Å². The van der Waals surface area contributed by atoms with Crippen LogP contribution in [0.5, 0.6) is 0 Å². The molecule has 0 spiro atoms. The van der Waals surface area contributed by atoms with E-state index in [0.29, 0.717) is 10.7 Å². The van der Waals surface area contributed by atoms with E-state index >= 15 is 0 Å². The first-order chi connectivity index (χ1) is 7.24. The molecule has 3 rings (SSSR count). The zero-order valence-electron chi connectivity index (χ0n) is 8.53. The first-order valence-corrected chi connectivity index (χ1v) is 6.02. The summed E-state index contributed by atoms with van der Waals surface area (Å²) in [6.07, 6.45) is 5.42. The van der Waals surface area contributed by atoms with Gasteiger partial charge in [-0.25, -0.2) is 9.89 Å². The molecular formula is C10H15N3OS. The van der Waals surface area contributed by atoms with E-state index in [0.717, 1.165) is 18.4 Å². The SMILES string of the molecule is O=c1[nH][nH]c(=S)n1CC1CC2CCC1C2. The minimum absolute atomic E-state index is 0.0947. The van der Waals surface area contributed by atoms with Crippen LogP contribution in [0.4, 0.5) is 0 Å². The highest BCUT2D eigenvalue weighted by molar-refractivity contribution is 7.71. The second kappa shape index (κ2) is 3.33. The summed E-state index contributed by atoms with van der Waals surface area (Å²) in [4.78, 5) is 11.4. The summed E-state index contributed by atoms with van der Waals surface area (Å²) in [6.45, 7) is 0.804. The van der Waals surface area contributed by atoms with Gasteiger partial charge < -0.3 is 0 Å². The Morgan fingerprint density at radius 2 is 2.20 bits per heavy atom. The fourth-order valence-electron chi connectivity index (χ4n) is 3.33. The van der Waals surface area contributed by atoms with E-state index in [1.807, 2.05) is 0 Å². The van der Waals surface area contributed by atoms with E-state index in [9.17, 15) is 4.79 Å². The lowest BCUT2D eigenvalue weighted by Crippen LogP contribution is -2.24. The van der Waals surface area contributed by atoms with Gasteiger partial charge in [0.1, 0.15) is 0 Å². The molecule has 2 N–H and O–H groups in total. The van der Waals surface area contributed by atoms with Crippen molar-refractivity contribution in [3.05, 3.63) is 15.3 Å². The molecule has 0 aliphatic heterocycles. The summed E-state index contributed by atoms with van der Waals surface area (Å²) >= 11 is 5.07. The van der Waals surface area contributed by atoms with Crippen LogP contribution < -0.4 is 5.69 Å². The third kappa shape index (κ3) is 1.49. The molecule has 82 valence electrons. The Labute approximate surface area is 92.7 Å². The molecule has 4 nitrogen and oxygen atoms in total. The van der Waals surface area contributed by atoms with Crippen LogP contribution in [0, 0.1) is 22.5 Å². The summed E-state index contributed by atoms with van der Waals surface area (Å²) in [5.74, 6) is 2.44. The van der Waals surface area contributed by atoms with Gasteiger partial charge in [0.2, 0.25) is 0 Å². The Morgan fingerprint density at radius 3 is 2.73 bits per heavy atom. The Kier molecular flexibility index (Phi) is 2.09. The molecule has 0 radical (unpaired) electrons. The Morgan fingerprint density at radius 1 is 1.33 bits per heavy atom. The topological polar surface area (TPSA) is 53.6 Å². The van der Waals surface area contributed by atoms with Gasteiger partial charge in [0.05, 0.1) is 0 Å². The van der Waals surface area contributed by atoms with Gasteiger partial charge in [-0.05, 0) is 49.2 Å². The highest BCUT2D eigenvalue weighted by Gasteiger charge is 2.39. The number of aromatic amines is 2. The van der Waals surface area contributed by atoms with Crippen LogP contribution in [0.15, 0.2) is 4.79 Å². The maximum absolute atomic E-state index is 11.4. The Balaban J connectivity index is 1.82. The molecule has 2 bridgehead atoms. The summed E-state index contributed by atoms with van der Waals surface area (Å²) in [5.41, 5.74) is -0.0947. The van der Waals surface area contributed by atoms with Crippen molar-refractivity contribution >= 4 is 12.2 Å². The lowest BCUT2D eigenvalue weighted by atomic mass is 9.89. The molecule has 2 fully saturated rings. The first-order valence-electron chi connectivity index (χ1n) is 5.61. The number of hydrogen-bond donors (Lipinski definition) is 2. The zero-order valence-corrected chi connectivity index (χ0v) is 9.35. The molecule has 0 aromatic carbocycles. The summed E-state index contributed by atoms with van der Waals surface area (Å²) in [6, 6.07) is 0. The van der Waals surface area contributed by atoms with Crippen LogP contribution in [-0.4, -0.2) is 14.8 Å². The number of nitrogens with one attached hydrogen (secondary N) is 2. The summed E-state index contributed by atoms with van der Waals surface area (Å²) in [5, 5.41) is 5.23. The van der Waals surface area contributed by atoms with Crippen LogP contribution in [0.2, 0.25) is 0 Å². The smallest absolute Gasteiger partial charge is 0.272 e. The predicted molar refractivity (Wildman–Crippen MR) is 59.2 cm³/mol. The van der Waals surface area contributed by atoms with Gasteiger partial charge >= 0.3 is 5.69 Å². The van der Waals surface area contributed by atoms with Crippen molar-refractivity contribution in [1.82, 2.24) is 14.8 Å². The van der Waals surface area contributed by atoms with Gasteiger partial charge in [-0.1, -0.05) is 6.42 Å². The highest BCUT2D eigenvalue weighted by Crippen LogP contribution is 2.48. The predicted octanol–water partition coefficient (Wildman–Crippen LogP) is 1.67. The van der Waals surface area contributed by atoms with Crippen LogP contribution in [0.3, 0.4) is 0 Å². The molecule has 5 heteroatoms. The second-order valence-corrected chi connectivity index (χ2v) is 5.29. The van der Waals surface area contributed by atoms with Crippen molar-refractivity contribution in [3.63, 3.8) is 0 Å². The number of nitrogens with zero attached hydrogens (tertiary/aromatic N) is 1. The van der Waals surface area contributed by atoms with Gasteiger partial charge in [0.25, 0.3) is 0 Å². The molecule has 15 heavy (non-hydrogen) atoms. The Hall–Kier alpha value is -0.840. The number of aromatic nitrogens is 3. The van der Waals surface area contributed by atoms with Crippen molar-refractivity contribution in [2.45, 2.75) is 32.2 Å². The largest absolute Gasteiger partial charge is 0.342 e. The van der Waals surface area contributed by atoms with Crippen LogP contribution >= 0.6 is 12.2 Å². The average molecular weight is 225 g/mol. The fraction of sp³-hybridized carbons (Fsp3) is 0.800. The number of rotatable bonds is 2. The van der Waals surface area contributed by atoms with Gasteiger partial charge in [0.15, 0.2) is 4.77 Å². The van der Waals surface area contributed by atoms with Crippen LogP contribution in [0.25, 0.3) is 0 Å². The van der Waals surface area contributed by atoms with E-state index in [-0.39, 0.29) is 5.69 Å². The second-order valence-electron chi connectivity index (χ2n) is 4.91. The maximum Gasteiger partial charge on any atom is 0.342 e. The molecule has 1 heterocycles. The lowest BCUT2D eigenvalue weighted by Gasteiger charge is -2.21. The van der Waals surface area contributed by atoms with E-state index in [1.165, 1.54) is 25.7 Å². The highest BCUT2D eigenvalue weighted by atomic mass is 32.1. The standard InChI is InChI=1S/C10H15N3OS/c14-9-11-12-10(15)13(9)5-8-4-6-1-2-7(8)3-6/h6-8H,1-5H2,(H,11,14)(H,12,15). The van der Waals surface area contributed by atoms with E-state index < -0.39 is 0 Å². The minimum Gasteiger partial charge on any atom is -0.272 e. The maximum atomic E-state index is 11.4. The molecule has 3 unspecified atom stereocenters. The molecule has 2 aliphatic rings. The van der Waals surface area contributed by atoms with Crippen LogP contribution in [0.1, 0.15) is 25.7 Å². The van der Waals surface area contributed by atoms with E-state index in [4.69, 9.17) is 12.2 Å². The van der Waals surface area contributed by atoms with Crippen molar-refractivity contribution in [2.24, 2.45) is 17.8 Å². The van der Waals surface area contributed by atoms with Gasteiger partial charge in [-0.3, -0.25) is 9.67 Å². The third-order valence-corrected chi connectivity index (χ3v) is 4.39. The van der Waals surface area contributed by atoms with Crippen molar-refractivity contribution in [2.75, 3.05) is 0 Å². The molecule has 1 aromatic heterocycles. The normalized spacial score (nSPS) is 33.7. The molecular weight excluding hydrogens is 210 g/mol. The number of fused-ring (bicyclic) bond motifs is 2. The molecule has 3 atom stereocenters.